The Bertz CT molecular complexity index is 964. The van der Waals surface area contributed by atoms with Crippen LogP contribution in [0.5, 0.6) is 5.75 Å². The number of rotatable bonds is 7. The van der Waals surface area contributed by atoms with Crippen LogP contribution in [-0.4, -0.2) is 40.8 Å². The summed E-state index contributed by atoms with van der Waals surface area (Å²) < 4.78 is 11.4. The number of benzene rings is 1. The molecule has 1 aliphatic heterocycles. The Morgan fingerprint density at radius 3 is 2.73 bits per heavy atom. The molecule has 2 aromatic heterocycles. The van der Waals surface area contributed by atoms with E-state index in [0.717, 1.165) is 48.4 Å². The van der Waals surface area contributed by atoms with Gasteiger partial charge in [-0.1, -0.05) is 24.3 Å². The monoisotopic (exact) mass is 406 g/mol. The van der Waals surface area contributed by atoms with Gasteiger partial charge < -0.3 is 14.8 Å². The van der Waals surface area contributed by atoms with Gasteiger partial charge in [0.1, 0.15) is 12.4 Å². The number of ether oxygens (including phenoxy) is 2. The molecule has 0 radical (unpaired) electrons. The van der Waals surface area contributed by atoms with Crippen LogP contribution in [0, 0.1) is 0 Å². The van der Waals surface area contributed by atoms with Gasteiger partial charge in [0.25, 0.3) is 0 Å². The van der Waals surface area contributed by atoms with Crippen molar-refractivity contribution in [2.45, 2.75) is 31.8 Å². The van der Waals surface area contributed by atoms with Crippen LogP contribution in [0.25, 0.3) is 11.4 Å². The van der Waals surface area contributed by atoms with Gasteiger partial charge in [0.2, 0.25) is 0 Å². The van der Waals surface area contributed by atoms with Crippen LogP contribution in [-0.2, 0) is 21.6 Å². The summed E-state index contributed by atoms with van der Waals surface area (Å²) in [5.41, 5.74) is 3.08. The normalized spacial score (nSPS) is 15.5. The number of aromatic nitrogens is 3. The fraction of sp³-hybridized carbons (Fsp3) is 0.348. The summed E-state index contributed by atoms with van der Waals surface area (Å²) in [5.74, 6) is 0.550. The molecule has 1 saturated heterocycles. The molecule has 30 heavy (non-hydrogen) atoms. The van der Waals surface area contributed by atoms with Gasteiger partial charge in [-0.15, -0.1) is 0 Å². The minimum absolute atomic E-state index is 0.136. The van der Waals surface area contributed by atoms with Gasteiger partial charge in [-0.3, -0.25) is 14.9 Å². The van der Waals surface area contributed by atoms with E-state index in [9.17, 15) is 4.79 Å². The topological polar surface area (TPSA) is 89.1 Å². The van der Waals surface area contributed by atoms with Crippen molar-refractivity contribution in [1.29, 1.82) is 0 Å². The fourth-order valence-electron chi connectivity index (χ4n) is 3.88. The van der Waals surface area contributed by atoms with Crippen LogP contribution in [0.3, 0.4) is 0 Å². The molecule has 4 rings (SSSR count). The summed E-state index contributed by atoms with van der Waals surface area (Å²) in [4.78, 5) is 17.3. The number of pyridine rings is 1. The zero-order valence-electron chi connectivity index (χ0n) is 17.1. The third-order valence-electron chi connectivity index (χ3n) is 5.52. The molecule has 7 nitrogen and oxygen atoms in total. The molecule has 0 unspecified atom stereocenters. The van der Waals surface area contributed by atoms with Crippen molar-refractivity contribution in [1.82, 2.24) is 20.5 Å². The maximum Gasteiger partial charge on any atom is 0.316 e. The van der Waals surface area contributed by atoms with Crippen LogP contribution in [0.15, 0.2) is 54.9 Å². The molecular formula is C23H26N4O3. The Labute approximate surface area is 175 Å². The molecule has 3 heterocycles. The number of H-pyrrole nitrogens is 1. The van der Waals surface area contributed by atoms with E-state index in [1.165, 1.54) is 0 Å². The zero-order chi connectivity index (χ0) is 20.8. The summed E-state index contributed by atoms with van der Waals surface area (Å²) in [5, 5.41) is 10.2. The lowest BCUT2D eigenvalue weighted by Crippen LogP contribution is -2.46. The van der Waals surface area contributed by atoms with Crippen LogP contribution in [0.2, 0.25) is 0 Å². The Morgan fingerprint density at radius 1 is 1.17 bits per heavy atom. The van der Waals surface area contributed by atoms with Crippen LogP contribution in [0.4, 0.5) is 0 Å². The van der Waals surface area contributed by atoms with Crippen LogP contribution in [0.1, 0.15) is 30.9 Å². The molecular weight excluding hydrogens is 380 g/mol. The minimum Gasteiger partial charge on any atom is -0.487 e. The number of carbonyl (C=O) groups is 1. The Kier molecular flexibility index (Phi) is 6.09. The second-order valence-electron chi connectivity index (χ2n) is 7.39. The number of esters is 1. The van der Waals surface area contributed by atoms with E-state index in [4.69, 9.17) is 9.47 Å². The number of hydrogen-bond acceptors (Lipinski definition) is 6. The largest absolute Gasteiger partial charge is 0.487 e. The fourth-order valence-corrected chi connectivity index (χ4v) is 3.88. The first-order valence-electron chi connectivity index (χ1n) is 10.3. The van der Waals surface area contributed by atoms with E-state index in [1.54, 1.807) is 12.4 Å². The Balaban J connectivity index is 1.48. The molecule has 0 spiro atoms. The predicted octanol–water partition coefficient (Wildman–Crippen LogP) is 3.24. The smallest absolute Gasteiger partial charge is 0.316 e. The van der Waals surface area contributed by atoms with Crippen molar-refractivity contribution in [3.05, 3.63) is 66.0 Å². The van der Waals surface area contributed by atoms with Gasteiger partial charge in [-0.2, -0.15) is 5.10 Å². The third kappa shape index (κ3) is 4.21. The summed E-state index contributed by atoms with van der Waals surface area (Å²) >= 11 is 0. The molecule has 0 bridgehead atoms. The van der Waals surface area contributed by atoms with Crippen molar-refractivity contribution in [3.8, 4) is 17.1 Å². The number of carbonyl (C=O) groups excluding carboxylic acids is 1. The lowest BCUT2D eigenvalue weighted by Gasteiger charge is -2.36. The Hall–Kier alpha value is -3.19. The number of piperidine rings is 1. The molecule has 1 aliphatic rings. The first-order valence-corrected chi connectivity index (χ1v) is 10.3. The van der Waals surface area contributed by atoms with E-state index in [2.05, 4.69) is 26.6 Å². The highest BCUT2D eigenvalue weighted by Gasteiger charge is 2.42. The summed E-state index contributed by atoms with van der Waals surface area (Å²) in [6, 6.07) is 13.7. The highest BCUT2D eigenvalue weighted by atomic mass is 16.5. The van der Waals surface area contributed by atoms with E-state index >= 15 is 0 Å². The SMILES string of the molecule is CCOC(=O)C1(c2cccc(COc3ccc(-c4ccn[nH]4)nc3)c2)CCNCC1. The number of hydrogen-bond donors (Lipinski definition) is 2. The van der Waals surface area contributed by atoms with Gasteiger partial charge >= 0.3 is 5.97 Å². The van der Waals surface area contributed by atoms with E-state index < -0.39 is 5.41 Å². The highest BCUT2D eigenvalue weighted by molar-refractivity contribution is 5.83. The van der Waals surface area contributed by atoms with Gasteiger partial charge in [0.05, 0.1) is 29.6 Å². The summed E-state index contributed by atoms with van der Waals surface area (Å²) in [6.45, 7) is 4.23. The van der Waals surface area contributed by atoms with Gasteiger partial charge in [0.15, 0.2) is 0 Å². The second kappa shape index (κ2) is 9.09. The molecule has 0 aliphatic carbocycles. The van der Waals surface area contributed by atoms with Crippen molar-refractivity contribution >= 4 is 5.97 Å². The molecule has 1 aromatic carbocycles. The average Bonchev–Trinajstić information content (AvgIpc) is 3.34. The molecule has 1 fully saturated rings. The van der Waals surface area contributed by atoms with Crippen molar-refractivity contribution < 1.29 is 14.3 Å². The van der Waals surface area contributed by atoms with E-state index in [0.29, 0.717) is 19.0 Å². The quantitative estimate of drug-likeness (QED) is 0.586. The second-order valence-corrected chi connectivity index (χ2v) is 7.39. The van der Waals surface area contributed by atoms with Crippen molar-refractivity contribution in [2.75, 3.05) is 19.7 Å². The number of aromatic amines is 1. The van der Waals surface area contributed by atoms with Crippen LogP contribution >= 0.6 is 0 Å². The van der Waals surface area contributed by atoms with Crippen molar-refractivity contribution in [2.24, 2.45) is 0 Å². The molecule has 0 atom stereocenters. The summed E-state index contributed by atoms with van der Waals surface area (Å²) in [6.07, 6.45) is 4.86. The predicted molar refractivity (Wildman–Crippen MR) is 113 cm³/mol. The molecule has 0 saturated carbocycles. The van der Waals surface area contributed by atoms with Gasteiger partial charge in [0, 0.05) is 6.20 Å². The lowest BCUT2D eigenvalue weighted by atomic mass is 9.73. The maximum atomic E-state index is 12.8. The lowest BCUT2D eigenvalue weighted by molar-refractivity contribution is -0.151. The van der Waals surface area contributed by atoms with Crippen molar-refractivity contribution in [3.63, 3.8) is 0 Å². The van der Waals surface area contributed by atoms with E-state index in [-0.39, 0.29) is 5.97 Å². The average molecular weight is 406 g/mol. The first kappa shape index (κ1) is 20.1. The zero-order valence-corrected chi connectivity index (χ0v) is 17.1. The van der Waals surface area contributed by atoms with E-state index in [1.807, 2.05) is 43.3 Å². The van der Waals surface area contributed by atoms with Crippen LogP contribution < -0.4 is 10.1 Å². The Morgan fingerprint density at radius 2 is 2.03 bits per heavy atom. The molecule has 156 valence electrons. The number of nitrogens with one attached hydrogen (secondary N) is 2. The van der Waals surface area contributed by atoms with Gasteiger partial charge in [-0.25, -0.2) is 0 Å². The molecule has 3 aromatic rings. The molecule has 7 heteroatoms. The first-order chi connectivity index (χ1) is 14.7. The minimum atomic E-state index is -0.593. The maximum absolute atomic E-state index is 12.8. The molecule has 2 N–H and O–H groups in total. The standard InChI is InChI=1S/C23H26N4O3/c1-2-29-22(28)23(9-12-24-13-10-23)18-5-3-4-17(14-18)16-30-19-6-7-20(25-15-19)21-8-11-26-27-21/h3-8,11,14-15,24H,2,9-10,12-13,16H2,1H3,(H,26,27). The molecule has 0 amide bonds. The highest BCUT2D eigenvalue weighted by Crippen LogP contribution is 2.35. The van der Waals surface area contributed by atoms with Gasteiger partial charge in [-0.05, 0) is 62.2 Å². The summed E-state index contributed by atoms with van der Waals surface area (Å²) in [7, 11) is 0. The third-order valence-corrected chi connectivity index (χ3v) is 5.52. The number of nitrogens with zero attached hydrogens (tertiary/aromatic N) is 2.